The number of ether oxygens (including phenoxy) is 2. The molecule has 0 saturated heterocycles. The zero-order valence-corrected chi connectivity index (χ0v) is 10.8. The van der Waals surface area contributed by atoms with Gasteiger partial charge in [-0.3, -0.25) is 0 Å². The molecule has 0 fully saturated rings. The van der Waals surface area contributed by atoms with Crippen LogP contribution in [0.5, 0.6) is 5.75 Å². The van der Waals surface area contributed by atoms with Crippen LogP contribution in [0.25, 0.3) is 0 Å². The molecule has 0 spiro atoms. The average molecular weight is 232 g/mol. The minimum atomic E-state index is -0.114. The Hall–Kier alpha value is -1.28. The molecule has 2 atom stereocenters. The van der Waals surface area contributed by atoms with Crippen molar-refractivity contribution in [3.8, 4) is 5.75 Å². The predicted molar refractivity (Wildman–Crippen MR) is 69.4 cm³/mol. The van der Waals surface area contributed by atoms with Crippen LogP contribution in [0, 0.1) is 6.92 Å². The Balaban J connectivity index is 2.31. The summed E-state index contributed by atoms with van der Waals surface area (Å²) in [4.78, 5) is 0. The van der Waals surface area contributed by atoms with E-state index in [1.165, 1.54) is 11.1 Å². The first-order chi connectivity index (χ1) is 8.24. The maximum atomic E-state index is 5.85. The second-order valence-electron chi connectivity index (χ2n) is 4.41. The first kappa shape index (κ1) is 12.2. The topological polar surface area (TPSA) is 18.5 Å². The van der Waals surface area contributed by atoms with Gasteiger partial charge in [0.2, 0.25) is 6.29 Å². The third kappa shape index (κ3) is 2.70. The molecule has 92 valence electrons. The van der Waals surface area contributed by atoms with Crippen molar-refractivity contribution in [1.82, 2.24) is 0 Å². The molecule has 0 amide bonds. The highest BCUT2D eigenvalue weighted by Gasteiger charge is 2.26. The van der Waals surface area contributed by atoms with Crippen molar-refractivity contribution in [2.24, 2.45) is 0 Å². The van der Waals surface area contributed by atoms with Crippen LogP contribution >= 0.6 is 0 Å². The zero-order valence-electron chi connectivity index (χ0n) is 10.8. The van der Waals surface area contributed by atoms with Crippen LogP contribution in [0.2, 0.25) is 0 Å². The van der Waals surface area contributed by atoms with Gasteiger partial charge >= 0.3 is 0 Å². The Labute approximate surface area is 103 Å². The Morgan fingerprint density at radius 3 is 3.00 bits per heavy atom. The number of hydrogen-bond donors (Lipinski definition) is 0. The molecule has 1 aromatic carbocycles. The van der Waals surface area contributed by atoms with Gasteiger partial charge in [0.05, 0.1) is 0 Å². The van der Waals surface area contributed by atoms with Crippen molar-refractivity contribution in [3.05, 3.63) is 41.5 Å². The molecule has 1 aromatic rings. The number of rotatable bonds is 3. The summed E-state index contributed by atoms with van der Waals surface area (Å²) in [6, 6.07) is 6.34. The molecule has 0 bridgehead atoms. The molecular weight excluding hydrogens is 212 g/mol. The highest BCUT2D eigenvalue weighted by molar-refractivity contribution is 5.42. The molecule has 2 unspecified atom stereocenters. The molecule has 17 heavy (non-hydrogen) atoms. The van der Waals surface area contributed by atoms with Crippen LogP contribution < -0.4 is 4.74 Å². The summed E-state index contributed by atoms with van der Waals surface area (Å²) in [6.45, 7) is 6.86. The Bertz CT molecular complexity index is 409. The monoisotopic (exact) mass is 232 g/mol. The first-order valence-electron chi connectivity index (χ1n) is 6.26. The van der Waals surface area contributed by atoms with E-state index >= 15 is 0 Å². The van der Waals surface area contributed by atoms with Crippen LogP contribution in [-0.2, 0) is 4.74 Å². The van der Waals surface area contributed by atoms with Gasteiger partial charge in [0, 0.05) is 24.5 Å². The van der Waals surface area contributed by atoms with Gasteiger partial charge in [-0.2, -0.15) is 0 Å². The van der Waals surface area contributed by atoms with Crippen molar-refractivity contribution < 1.29 is 9.47 Å². The number of benzene rings is 1. The van der Waals surface area contributed by atoms with E-state index in [-0.39, 0.29) is 6.29 Å². The summed E-state index contributed by atoms with van der Waals surface area (Å²) in [6.07, 6.45) is 5.11. The molecule has 0 radical (unpaired) electrons. The summed E-state index contributed by atoms with van der Waals surface area (Å²) in [5, 5.41) is 0. The molecule has 1 aliphatic rings. The van der Waals surface area contributed by atoms with Crippen molar-refractivity contribution in [2.45, 2.75) is 39.4 Å². The molecule has 2 heteroatoms. The lowest BCUT2D eigenvalue weighted by atomic mass is 9.91. The van der Waals surface area contributed by atoms with Crippen LogP contribution in [-0.4, -0.2) is 12.9 Å². The maximum Gasteiger partial charge on any atom is 0.200 e. The summed E-state index contributed by atoms with van der Waals surface area (Å²) >= 11 is 0. The lowest BCUT2D eigenvalue weighted by Gasteiger charge is -2.30. The second kappa shape index (κ2) is 5.37. The minimum absolute atomic E-state index is 0.114. The van der Waals surface area contributed by atoms with Crippen LogP contribution in [0.3, 0.4) is 0 Å². The third-order valence-electron chi connectivity index (χ3n) is 3.05. The van der Waals surface area contributed by atoms with Crippen LogP contribution in [0.4, 0.5) is 0 Å². The quantitative estimate of drug-likeness (QED) is 0.738. The van der Waals surface area contributed by atoms with Crippen LogP contribution in [0.1, 0.15) is 37.3 Å². The molecule has 0 aromatic heterocycles. The van der Waals surface area contributed by atoms with Crippen molar-refractivity contribution >= 4 is 0 Å². The van der Waals surface area contributed by atoms with Crippen molar-refractivity contribution in [3.63, 3.8) is 0 Å². The van der Waals surface area contributed by atoms with Gasteiger partial charge in [-0.15, -0.1) is 0 Å². The van der Waals surface area contributed by atoms with Crippen LogP contribution in [0.15, 0.2) is 30.4 Å². The molecule has 1 heterocycles. The Morgan fingerprint density at radius 2 is 2.29 bits per heavy atom. The molecule has 2 rings (SSSR count). The number of allylic oxidation sites excluding steroid dienone is 2. The summed E-state index contributed by atoms with van der Waals surface area (Å²) < 4.78 is 11.4. The fraction of sp³-hybridized carbons (Fsp3) is 0.467. The van der Waals surface area contributed by atoms with E-state index in [4.69, 9.17) is 9.47 Å². The smallest absolute Gasteiger partial charge is 0.200 e. The van der Waals surface area contributed by atoms with Gasteiger partial charge < -0.3 is 9.47 Å². The van der Waals surface area contributed by atoms with Gasteiger partial charge in [-0.25, -0.2) is 0 Å². The fourth-order valence-corrected chi connectivity index (χ4v) is 2.29. The standard InChI is InChI=1S/C15H20O2/c1-4-6-12-10-15(16-5-2)17-14-8-7-11(3)9-13(12)14/h4,6-9,12,15H,5,10H2,1-3H3/b6-4-. The SMILES string of the molecule is C/C=C\C1CC(OCC)Oc2ccc(C)cc21. The number of aryl methyl sites for hydroxylation is 1. The highest BCUT2D eigenvalue weighted by atomic mass is 16.7. The lowest BCUT2D eigenvalue weighted by molar-refractivity contribution is -0.0889. The van der Waals surface area contributed by atoms with E-state index in [0.29, 0.717) is 12.5 Å². The molecule has 0 aliphatic carbocycles. The Morgan fingerprint density at radius 1 is 1.47 bits per heavy atom. The lowest BCUT2D eigenvalue weighted by Crippen LogP contribution is -2.27. The second-order valence-corrected chi connectivity index (χ2v) is 4.41. The molecule has 0 N–H and O–H groups in total. The highest BCUT2D eigenvalue weighted by Crippen LogP contribution is 2.37. The van der Waals surface area contributed by atoms with E-state index in [1.807, 2.05) is 13.0 Å². The molecular formula is C15H20O2. The average Bonchev–Trinajstić information content (AvgIpc) is 2.31. The van der Waals surface area contributed by atoms with Gasteiger partial charge in [0.25, 0.3) is 0 Å². The van der Waals surface area contributed by atoms with Gasteiger partial charge in [0.15, 0.2) is 0 Å². The molecule has 1 aliphatic heterocycles. The maximum absolute atomic E-state index is 5.85. The summed E-state index contributed by atoms with van der Waals surface area (Å²) in [5.74, 6) is 1.36. The first-order valence-corrected chi connectivity index (χ1v) is 6.26. The van der Waals surface area contributed by atoms with E-state index in [0.717, 1.165) is 12.2 Å². The molecule has 0 saturated carbocycles. The van der Waals surface area contributed by atoms with E-state index < -0.39 is 0 Å². The van der Waals surface area contributed by atoms with Gasteiger partial charge in [-0.1, -0.05) is 29.8 Å². The van der Waals surface area contributed by atoms with E-state index in [2.05, 4.69) is 38.1 Å². The third-order valence-corrected chi connectivity index (χ3v) is 3.05. The predicted octanol–water partition coefficient (Wildman–Crippen LogP) is 3.80. The largest absolute Gasteiger partial charge is 0.465 e. The molecule has 2 nitrogen and oxygen atoms in total. The summed E-state index contributed by atoms with van der Waals surface area (Å²) in [5.41, 5.74) is 2.55. The van der Waals surface area contributed by atoms with Gasteiger partial charge in [-0.05, 0) is 26.8 Å². The number of fused-ring (bicyclic) bond motifs is 1. The fourth-order valence-electron chi connectivity index (χ4n) is 2.29. The van der Waals surface area contributed by atoms with Crippen molar-refractivity contribution in [2.75, 3.05) is 6.61 Å². The van der Waals surface area contributed by atoms with E-state index in [1.54, 1.807) is 0 Å². The van der Waals surface area contributed by atoms with E-state index in [9.17, 15) is 0 Å². The van der Waals surface area contributed by atoms with Crippen molar-refractivity contribution in [1.29, 1.82) is 0 Å². The Kier molecular flexibility index (Phi) is 3.85. The minimum Gasteiger partial charge on any atom is -0.465 e. The van der Waals surface area contributed by atoms with Gasteiger partial charge in [0.1, 0.15) is 5.75 Å². The normalized spacial score (nSPS) is 23.5. The summed E-state index contributed by atoms with van der Waals surface area (Å²) in [7, 11) is 0. The number of hydrogen-bond acceptors (Lipinski definition) is 2. The zero-order chi connectivity index (χ0) is 12.3.